The second kappa shape index (κ2) is 7.56. The van der Waals surface area contributed by atoms with Crippen molar-refractivity contribution in [2.75, 3.05) is 12.8 Å². The quantitative estimate of drug-likeness (QED) is 0.795. The lowest BCUT2D eigenvalue weighted by molar-refractivity contribution is 0.0933. The van der Waals surface area contributed by atoms with E-state index in [0.29, 0.717) is 23.6 Å². The molecule has 0 spiro atoms. The van der Waals surface area contributed by atoms with Gasteiger partial charge in [0.25, 0.3) is 5.91 Å². The van der Waals surface area contributed by atoms with E-state index in [-0.39, 0.29) is 17.7 Å². The number of carbonyl (C=O) groups excluding carboxylic acids is 1. The molecule has 0 saturated carbocycles. The molecule has 0 saturated heterocycles. The summed E-state index contributed by atoms with van der Waals surface area (Å²) in [7, 11) is -3.06. The lowest BCUT2D eigenvalue weighted by Gasteiger charge is -2.18. The van der Waals surface area contributed by atoms with Crippen molar-refractivity contribution < 1.29 is 13.2 Å². The summed E-state index contributed by atoms with van der Waals surface area (Å²) in [5, 5.41) is 2.90. The smallest absolute Gasteiger partial charge is 0.251 e. The van der Waals surface area contributed by atoms with Crippen LogP contribution in [0.5, 0.6) is 0 Å². The molecule has 0 heterocycles. The van der Waals surface area contributed by atoms with Crippen LogP contribution in [-0.2, 0) is 15.6 Å². The third-order valence-electron chi connectivity index (χ3n) is 3.02. The lowest BCUT2D eigenvalue weighted by Crippen LogP contribution is -2.41. The van der Waals surface area contributed by atoms with Crippen molar-refractivity contribution in [1.29, 1.82) is 0 Å². The number of nitrogens with one attached hydrogen (secondary N) is 1. The average molecular weight is 312 g/mol. The van der Waals surface area contributed by atoms with Gasteiger partial charge in [-0.2, -0.15) is 0 Å². The fourth-order valence-electron chi connectivity index (χ4n) is 2.11. The molecule has 1 unspecified atom stereocenters. The standard InChI is InChI=1S/C15H24N2O3S/c1-11(2)8-14(9-16)17-15(18)13-6-4-12(5-7-13)10-21(3,19)20/h4-7,11,14H,8-10,16H2,1-3H3,(H,17,18). The van der Waals surface area contributed by atoms with Gasteiger partial charge in [-0.3, -0.25) is 4.79 Å². The molecular weight excluding hydrogens is 288 g/mol. The maximum absolute atomic E-state index is 12.1. The Labute approximate surface area is 126 Å². The number of hydrogen-bond donors (Lipinski definition) is 2. The molecule has 118 valence electrons. The third kappa shape index (κ3) is 6.73. The molecule has 0 aliphatic rings. The first-order valence-electron chi connectivity index (χ1n) is 6.99. The topological polar surface area (TPSA) is 89.3 Å². The van der Waals surface area contributed by atoms with Crippen molar-refractivity contribution in [3.05, 3.63) is 35.4 Å². The zero-order valence-electron chi connectivity index (χ0n) is 12.8. The summed E-state index contributed by atoms with van der Waals surface area (Å²) in [4.78, 5) is 12.1. The average Bonchev–Trinajstić information content (AvgIpc) is 2.36. The third-order valence-corrected chi connectivity index (χ3v) is 3.88. The van der Waals surface area contributed by atoms with Crippen LogP contribution in [0.15, 0.2) is 24.3 Å². The predicted octanol–water partition coefficient (Wildman–Crippen LogP) is 1.33. The van der Waals surface area contributed by atoms with Gasteiger partial charge in [-0.05, 0) is 30.0 Å². The van der Waals surface area contributed by atoms with Gasteiger partial charge >= 0.3 is 0 Å². The predicted molar refractivity (Wildman–Crippen MR) is 84.8 cm³/mol. The summed E-state index contributed by atoms with van der Waals surface area (Å²) in [6.45, 7) is 4.56. The van der Waals surface area contributed by atoms with Crippen molar-refractivity contribution in [3.8, 4) is 0 Å². The number of sulfone groups is 1. The van der Waals surface area contributed by atoms with Crippen LogP contribution >= 0.6 is 0 Å². The van der Waals surface area contributed by atoms with Crippen molar-refractivity contribution >= 4 is 15.7 Å². The summed E-state index contributed by atoms with van der Waals surface area (Å²) < 4.78 is 22.4. The molecule has 0 aromatic heterocycles. The summed E-state index contributed by atoms with van der Waals surface area (Å²) in [6.07, 6.45) is 2.01. The van der Waals surface area contributed by atoms with Crippen LogP contribution in [0.1, 0.15) is 36.2 Å². The molecule has 0 aliphatic carbocycles. The van der Waals surface area contributed by atoms with Crippen LogP contribution in [0.25, 0.3) is 0 Å². The van der Waals surface area contributed by atoms with Crippen LogP contribution in [0, 0.1) is 5.92 Å². The van der Waals surface area contributed by atoms with E-state index in [2.05, 4.69) is 19.2 Å². The van der Waals surface area contributed by atoms with Gasteiger partial charge in [0.05, 0.1) is 5.75 Å². The summed E-state index contributed by atoms with van der Waals surface area (Å²) in [5.41, 5.74) is 6.84. The van der Waals surface area contributed by atoms with E-state index >= 15 is 0 Å². The van der Waals surface area contributed by atoms with Gasteiger partial charge in [-0.1, -0.05) is 26.0 Å². The van der Waals surface area contributed by atoms with E-state index in [0.717, 1.165) is 6.42 Å². The number of nitrogens with two attached hydrogens (primary N) is 1. The van der Waals surface area contributed by atoms with Crippen LogP contribution in [0.4, 0.5) is 0 Å². The fraction of sp³-hybridized carbons (Fsp3) is 0.533. The van der Waals surface area contributed by atoms with Crippen LogP contribution in [-0.4, -0.2) is 33.2 Å². The van der Waals surface area contributed by atoms with Crippen LogP contribution < -0.4 is 11.1 Å². The van der Waals surface area contributed by atoms with E-state index in [1.54, 1.807) is 24.3 Å². The summed E-state index contributed by atoms with van der Waals surface area (Å²) in [5.74, 6) is 0.251. The van der Waals surface area contributed by atoms with Gasteiger partial charge < -0.3 is 11.1 Å². The van der Waals surface area contributed by atoms with Gasteiger partial charge in [-0.15, -0.1) is 0 Å². The van der Waals surface area contributed by atoms with Crippen LogP contribution in [0.3, 0.4) is 0 Å². The molecule has 0 fully saturated rings. The minimum absolute atomic E-state index is 0.0202. The summed E-state index contributed by atoms with van der Waals surface area (Å²) in [6, 6.07) is 6.55. The molecule has 6 heteroatoms. The Bertz CT molecular complexity index is 565. The number of hydrogen-bond acceptors (Lipinski definition) is 4. The number of rotatable bonds is 7. The highest BCUT2D eigenvalue weighted by molar-refractivity contribution is 7.89. The zero-order chi connectivity index (χ0) is 16.0. The number of amides is 1. The largest absolute Gasteiger partial charge is 0.348 e. The number of carbonyl (C=O) groups is 1. The molecule has 0 bridgehead atoms. The SMILES string of the molecule is CC(C)CC(CN)NC(=O)c1ccc(CS(C)(=O)=O)cc1. The zero-order valence-corrected chi connectivity index (χ0v) is 13.6. The highest BCUT2D eigenvalue weighted by Crippen LogP contribution is 2.09. The monoisotopic (exact) mass is 312 g/mol. The van der Waals surface area contributed by atoms with E-state index in [1.165, 1.54) is 6.26 Å². The maximum atomic E-state index is 12.1. The van der Waals surface area contributed by atoms with Crippen molar-refractivity contribution in [2.24, 2.45) is 11.7 Å². The van der Waals surface area contributed by atoms with Gasteiger partial charge in [0.15, 0.2) is 9.84 Å². The minimum atomic E-state index is -3.06. The lowest BCUT2D eigenvalue weighted by atomic mass is 10.0. The molecule has 1 aromatic rings. The van der Waals surface area contributed by atoms with E-state index in [9.17, 15) is 13.2 Å². The highest BCUT2D eigenvalue weighted by atomic mass is 32.2. The first-order chi connectivity index (χ1) is 9.71. The summed E-state index contributed by atoms with van der Waals surface area (Å²) >= 11 is 0. The van der Waals surface area contributed by atoms with E-state index < -0.39 is 9.84 Å². The van der Waals surface area contributed by atoms with E-state index in [4.69, 9.17) is 5.73 Å². The molecule has 1 atom stereocenters. The molecular formula is C15H24N2O3S. The molecule has 0 aliphatic heterocycles. The van der Waals surface area contributed by atoms with Crippen LogP contribution in [0.2, 0.25) is 0 Å². The van der Waals surface area contributed by atoms with E-state index in [1.807, 2.05) is 0 Å². The molecule has 1 amide bonds. The van der Waals surface area contributed by atoms with Crippen molar-refractivity contribution in [1.82, 2.24) is 5.32 Å². The second-order valence-electron chi connectivity index (χ2n) is 5.80. The first kappa shape index (κ1) is 17.7. The number of benzene rings is 1. The molecule has 0 radical (unpaired) electrons. The van der Waals surface area contributed by atoms with Gasteiger partial charge in [0, 0.05) is 24.4 Å². The van der Waals surface area contributed by atoms with Crippen molar-refractivity contribution in [2.45, 2.75) is 32.1 Å². The highest BCUT2D eigenvalue weighted by Gasteiger charge is 2.14. The molecule has 1 rings (SSSR count). The first-order valence-corrected chi connectivity index (χ1v) is 9.05. The normalized spacial score (nSPS) is 13.2. The minimum Gasteiger partial charge on any atom is -0.348 e. The molecule has 21 heavy (non-hydrogen) atoms. The Kier molecular flexibility index (Phi) is 6.36. The molecule has 5 nitrogen and oxygen atoms in total. The van der Waals surface area contributed by atoms with Gasteiger partial charge in [-0.25, -0.2) is 8.42 Å². The Hall–Kier alpha value is -1.40. The molecule has 3 N–H and O–H groups in total. The Morgan fingerprint density at radius 1 is 1.24 bits per heavy atom. The second-order valence-corrected chi connectivity index (χ2v) is 7.94. The Balaban J connectivity index is 2.70. The Morgan fingerprint density at radius 3 is 2.24 bits per heavy atom. The Morgan fingerprint density at radius 2 is 1.81 bits per heavy atom. The van der Waals surface area contributed by atoms with Crippen molar-refractivity contribution in [3.63, 3.8) is 0 Å². The maximum Gasteiger partial charge on any atom is 0.251 e. The fourth-order valence-corrected chi connectivity index (χ4v) is 2.90. The molecule has 1 aromatic carbocycles. The van der Waals surface area contributed by atoms with Gasteiger partial charge in [0.2, 0.25) is 0 Å². The van der Waals surface area contributed by atoms with Gasteiger partial charge in [0.1, 0.15) is 0 Å².